The number of nitrogens with one attached hydrogen (secondary N) is 2. The summed E-state index contributed by atoms with van der Waals surface area (Å²) < 4.78 is 7.89. The topological polar surface area (TPSA) is 87.4 Å². The van der Waals surface area contributed by atoms with Gasteiger partial charge in [0.05, 0.1) is 19.1 Å². The van der Waals surface area contributed by atoms with E-state index in [4.69, 9.17) is 4.74 Å². The van der Waals surface area contributed by atoms with Gasteiger partial charge in [-0.2, -0.15) is 0 Å². The molecule has 9 heteroatoms. The van der Waals surface area contributed by atoms with E-state index in [2.05, 4.69) is 50.2 Å². The number of carbonyl (C=O) groups is 2. The molecule has 1 fully saturated rings. The maximum atomic E-state index is 13.7. The van der Waals surface area contributed by atoms with Gasteiger partial charge in [0, 0.05) is 82.8 Å². The Morgan fingerprint density at radius 3 is 2.77 bits per heavy atom. The van der Waals surface area contributed by atoms with Crippen molar-refractivity contribution in [2.24, 2.45) is 10.9 Å². The zero-order valence-corrected chi connectivity index (χ0v) is 24.5. The van der Waals surface area contributed by atoms with E-state index in [1.54, 1.807) is 0 Å². The van der Waals surface area contributed by atoms with E-state index < -0.39 is 5.92 Å². The Labute approximate surface area is 239 Å². The first-order valence-electron chi connectivity index (χ1n) is 14.2. The molecule has 2 unspecified atom stereocenters. The molecule has 0 spiro atoms. The lowest BCUT2D eigenvalue weighted by atomic mass is 9.95. The van der Waals surface area contributed by atoms with Crippen molar-refractivity contribution in [3.8, 4) is 10.4 Å². The zero-order chi connectivity index (χ0) is 28.0. The van der Waals surface area contributed by atoms with Crippen molar-refractivity contribution in [3.63, 3.8) is 0 Å². The van der Waals surface area contributed by atoms with Crippen LogP contribution >= 0.6 is 11.3 Å². The molecule has 210 valence electrons. The SMILES string of the molecule is CC1=CC(C)=NC(=O)C1CNC(=O)c1cc2cc(-c3cc4c(s3)CCNC4)cn2c(C(C)N2CCOCC2)c1C. The highest BCUT2D eigenvalue weighted by molar-refractivity contribution is 7.15. The molecule has 0 bridgehead atoms. The van der Waals surface area contributed by atoms with Gasteiger partial charge in [-0.1, -0.05) is 5.57 Å². The average molecular weight is 560 g/mol. The number of aliphatic imine (C=N–C) groups is 1. The Hall–Kier alpha value is -3.11. The minimum absolute atomic E-state index is 0.0996. The van der Waals surface area contributed by atoms with Crippen LogP contribution in [0.3, 0.4) is 0 Å². The maximum Gasteiger partial charge on any atom is 0.254 e. The van der Waals surface area contributed by atoms with Crippen molar-refractivity contribution >= 4 is 34.4 Å². The number of ether oxygens (including phenoxy) is 1. The highest BCUT2D eigenvalue weighted by Gasteiger charge is 2.28. The molecule has 8 nitrogen and oxygen atoms in total. The number of pyridine rings is 1. The standard InChI is InChI=1S/C31H37N5O3S/c1-18-11-19(2)34-31(38)26(18)16-33-30(37)25-14-24-12-23(28-13-22-15-32-6-5-27(22)40-28)17-36(24)29(20(25)3)21(4)35-7-9-39-10-8-35/h11-14,17,21,26,32H,5-10,15-16H2,1-4H3,(H,33,37). The Morgan fingerprint density at radius 1 is 1.23 bits per heavy atom. The number of carbonyl (C=O) groups excluding carboxylic acids is 2. The van der Waals surface area contributed by atoms with E-state index in [1.807, 2.05) is 44.3 Å². The molecule has 6 heterocycles. The van der Waals surface area contributed by atoms with Crippen molar-refractivity contribution < 1.29 is 14.3 Å². The van der Waals surface area contributed by atoms with Gasteiger partial charge in [0.2, 0.25) is 0 Å². The van der Waals surface area contributed by atoms with Gasteiger partial charge < -0.3 is 19.8 Å². The number of allylic oxidation sites excluding steroid dienone is 1. The number of dihydropyridines is 1. The molecule has 3 aromatic heterocycles. The molecule has 40 heavy (non-hydrogen) atoms. The van der Waals surface area contributed by atoms with Crippen LogP contribution in [0.5, 0.6) is 0 Å². The summed E-state index contributed by atoms with van der Waals surface area (Å²) in [5, 5.41) is 6.52. The molecule has 1 saturated heterocycles. The van der Waals surface area contributed by atoms with Crippen molar-refractivity contribution in [2.75, 3.05) is 39.4 Å². The summed E-state index contributed by atoms with van der Waals surface area (Å²) in [7, 11) is 0. The predicted molar refractivity (Wildman–Crippen MR) is 159 cm³/mol. The number of nitrogens with zero attached hydrogens (tertiary/aromatic N) is 3. The summed E-state index contributed by atoms with van der Waals surface area (Å²) in [6.45, 7) is 13.3. The number of hydrogen-bond acceptors (Lipinski definition) is 6. The number of hydrogen-bond donors (Lipinski definition) is 2. The second-order valence-electron chi connectivity index (χ2n) is 11.1. The molecule has 3 aliphatic heterocycles. The van der Waals surface area contributed by atoms with Crippen LogP contribution in [-0.4, -0.2) is 66.2 Å². The monoisotopic (exact) mass is 559 g/mol. The third-order valence-corrected chi connectivity index (χ3v) is 9.77. The van der Waals surface area contributed by atoms with Crippen LogP contribution in [0.4, 0.5) is 0 Å². The summed E-state index contributed by atoms with van der Waals surface area (Å²) in [6.07, 6.45) is 5.22. The van der Waals surface area contributed by atoms with Crippen molar-refractivity contribution in [1.82, 2.24) is 19.9 Å². The zero-order valence-electron chi connectivity index (χ0n) is 23.7. The van der Waals surface area contributed by atoms with Crippen LogP contribution in [-0.2, 0) is 22.5 Å². The molecule has 0 radical (unpaired) electrons. The lowest BCUT2D eigenvalue weighted by Gasteiger charge is -2.34. The Morgan fingerprint density at radius 2 is 2.02 bits per heavy atom. The fourth-order valence-corrected chi connectivity index (χ4v) is 7.40. The maximum absolute atomic E-state index is 13.7. The smallest absolute Gasteiger partial charge is 0.254 e. The highest BCUT2D eigenvalue weighted by Crippen LogP contribution is 2.37. The molecular weight excluding hydrogens is 522 g/mol. The van der Waals surface area contributed by atoms with Crippen LogP contribution in [0.25, 0.3) is 16.0 Å². The molecule has 2 amide bonds. The minimum atomic E-state index is -0.428. The van der Waals surface area contributed by atoms with E-state index in [-0.39, 0.29) is 24.4 Å². The Kier molecular flexibility index (Phi) is 7.48. The first-order chi connectivity index (χ1) is 19.3. The molecule has 0 aromatic carbocycles. The predicted octanol–water partition coefficient (Wildman–Crippen LogP) is 4.31. The average Bonchev–Trinajstić information content (AvgIpc) is 3.56. The number of fused-ring (bicyclic) bond motifs is 2. The lowest BCUT2D eigenvalue weighted by molar-refractivity contribution is -0.120. The van der Waals surface area contributed by atoms with Gasteiger partial charge in [0.1, 0.15) is 0 Å². The molecule has 0 aliphatic carbocycles. The molecule has 2 atom stereocenters. The fourth-order valence-electron chi connectivity index (χ4n) is 6.24. The number of thiophene rings is 1. The molecule has 6 rings (SSSR count). The lowest BCUT2D eigenvalue weighted by Crippen LogP contribution is -2.39. The quantitative estimate of drug-likeness (QED) is 0.470. The van der Waals surface area contributed by atoms with Crippen LogP contribution in [0.15, 0.2) is 41.0 Å². The van der Waals surface area contributed by atoms with Crippen molar-refractivity contribution in [3.05, 3.63) is 63.3 Å². The van der Waals surface area contributed by atoms with E-state index in [9.17, 15) is 9.59 Å². The van der Waals surface area contributed by atoms with Gasteiger partial charge >= 0.3 is 0 Å². The molecule has 0 saturated carbocycles. The summed E-state index contributed by atoms with van der Waals surface area (Å²) in [5.41, 5.74) is 7.91. The Balaban J connectivity index is 1.37. The third kappa shape index (κ3) is 5.07. The van der Waals surface area contributed by atoms with E-state index in [0.717, 1.165) is 54.9 Å². The minimum Gasteiger partial charge on any atom is -0.379 e. The number of morpholine rings is 1. The van der Waals surface area contributed by atoms with Gasteiger partial charge in [-0.3, -0.25) is 14.5 Å². The summed E-state index contributed by atoms with van der Waals surface area (Å²) in [6, 6.07) is 6.61. The van der Waals surface area contributed by atoms with E-state index in [0.29, 0.717) is 24.5 Å². The number of rotatable bonds is 6. The van der Waals surface area contributed by atoms with Gasteiger partial charge in [-0.25, -0.2) is 4.99 Å². The first kappa shape index (κ1) is 27.1. The fraction of sp³-hybridized carbons (Fsp3) is 0.452. The largest absolute Gasteiger partial charge is 0.379 e. The summed E-state index contributed by atoms with van der Waals surface area (Å²) in [4.78, 5) is 35.4. The molecule has 2 N–H and O–H groups in total. The second-order valence-corrected chi connectivity index (χ2v) is 12.3. The highest BCUT2D eigenvalue weighted by atomic mass is 32.1. The molecule has 3 aliphatic rings. The molecular formula is C31H37N5O3S. The van der Waals surface area contributed by atoms with Crippen LogP contribution < -0.4 is 10.6 Å². The number of amides is 2. The van der Waals surface area contributed by atoms with Crippen molar-refractivity contribution in [1.29, 1.82) is 0 Å². The first-order valence-corrected chi connectivity index (χ1v) is 15.0. The van der Waals surface area contributed by atoms with E-state index >= 15 is 0 Å². The van der Waals surface area contributed by atoms with Crippen LogP contribution in [0, 0.1) is 12.8 Å². The second kappa shape index (κ2) is 11.0. The van der Waals surface area contributed by atoms with Crippen LogP contribution in [0.1, 0.15) is 58.9 Å². The number of aromatic nitrogens is 1. The van der Waals surface area contributed by atoms with E-state index in [1.165, 1.54) is 20.9 Å². The molecule has 3 aromatic rings. The third-order valence-electron chi connectivity index (χ3n) is 8.49. The Bertz CT molecular complexity index is 1520. The van der Waals surface area contributed by atoms with Gasteiger partial charge in [-0.05, 0) is 69.5 Å². The van der Waals surface area contributed by atoms with Crippen molar-refractivity contribution in [2.45, 2.75) is 46.7 Å². The van der Waals surface area contributed by atoms with Gasteiger partial charge in [0.15, 0.2) is 0 Å². The normalized spacial score (nSPS) is 20.7. The summed E-state index contributed by atoms with van der Waals surface area (Å²) >= 11 is 1.88. The summed E-state index contributed by atoms with van der Waals surface area (Å²) in [5.74, 6) is -0.790. The van der Waals surface area contributed by atoms with Gasteiger partial charge in [-0.15, -0.1) is 11.3 Å². The van der Waals surface area contributed by atoms with Gasteiger partial charge in [0.25, 0.3) is 11.8 Å². The van der Waals surface area contributed by atoms with Crippen LogP contribution in [0.2, 0.25) is 0 Å².